The van der Waals surface area contributed by atoms with Crippen molar-refractivity contribution in [3.05, 3.63) is 77.9 Å². The Morgan fingerprint density at radius 2 is 1.42 bits per heavy atom. The Kier molecular flexibility index (Phi) is 9.33. The van der Waals surface area contributed by atoms with Crippen molar-refractivity contribution in [2.24, 2.45) is 0 Å². The minimum absolute atomic E-state index is 0.286. The maximum Gasteiger partial charge on any atom is 0.255 e. The highest BCUT2D eigenvalue weighted by atomic mass is 16.5. The molecule has 3 aromatic carbocycles. The van der Waals surface area contributed by atoms with Gasteiger partial charge in [0.1, 0.15) is 23.0 Å². The Bertz CT molecular complexity index is 1220. The molecular weight excluding hydrogens is 460 g/mol. The first-order chi connectivity index (χ1) is 17.5. The Morgan fingerprint density at radius 3 is 2.00 bits per heavy atom. The zero-order valence-electron chi connectivity index (χ0n) is 20.8. The summed E-state index contributed by atoms with van der Waals surface area (Å²) in [4.78, 5) is 25.5. The Hall–Kier alpha value is -4.46. The fraction of sp³-hybridized carbons (Fsp3) is 0.214. The summed E-state index contributed by atoms with van der Waals surface area (Å²) in [6.07, 6.45) is 3.02. The number of methoxy groups -OCH3 is 2. The van der Waals surface area contributed by atoms with Crippen molar-refractivity contribution in [1.29, 1.82) is 0 Å². The summed E-state index contributed by atoms with van der Waals surface area (Å²) in [5.74, 6) is 1.37. The van der Waals surface area contributed by atoms with Crippen molar-refractivity contribution < 1.29 is 28.5 Å². The van der Waals surface area contributed by atoms with E-state index >= 15 is 0 Å². The average molecular weight is 491 g/mol. The molecule has 36 heavy (non-hydrogen) atoms. The summed E-state index contributed by atoms with van der Waals surface area (Å²) < 4.78 is 22.1. The van der Waals surface area contributed by atoms with Crippen LogP contribution in [0.2, 0.25) is 0 Å². The molecular formula is C28H30N2O6. The molecule has 8 heteroatoms. The number of amides is 2. The molecule has 3 aromatic rings. The maximum absolute atomic E-state index is 12.8. The van der Waals surface area contributed by atoms with E-state index < -0.39 is 0 Å². The molecule has 0 radical (unpaired) electrons. The van der Waals surface area contributed by atoms with Crippen LogP contribution in [0.3, 0.4) is 0 Å². The van der Waals surface area contributed by atoms with Crippen LogP contribution in [0.4, 0.5) is 11.4 Å². The van der Waals surface area contributed by atoms with Gasteiger partial charge in [-0.3, -0.25) is 9.59 Å². The number of hydrogen-bond acceptors (Lipinski definition) is 6. The van der Waals surface area contributed by atoms with E-state index in [1.165, 1.54) is 6.08 Å². The Morgan fingerprint density at radius 1 is 0.778 bits per heavy atom. The van der Waals surface area contributed by atoms with Gasteiger partial charge in [-0.1, -0.05) is 18.2 Å². The minimum atomic E-state index is -0.385. The molecule has 0 saturated carbocycles. The van der Waals surface area contributed by atoms with Crippen LogP contribution in [-0.2, 0) is 4.79 Å². The first kappa shape index (κ1) is 26.2. The SMILES string of the molecule is CCOc1cc(NC(=O)c2ccccc2)c(OCC)cc1NC(=O)/C=C/c1cc(OC)ccc1OC. The molecule has 0 heterocycles. The van der Waals surface area contributed by atoms with E-state index in [2.05, 4.69) is 10.6 Å². The van der Waals surface area contributed by atoms with Gasteiger partial charge in [-0.2, -0.15) is 0 Å². The lowest BCUT2D eigenvalue weighted by molar-refractivity contribution is -0.111. The number of anilines is 2. The van der Waals surface area contributed by atoms with Gasteiger partial charge in [0.15, 0.2) is 0 Å². The van der Waals surface area contributed by atoms with Crippen LogP contribution in [0.5, 0.6) is 23.0 Å². The molecule has 188 valence electrons. The first-order valence-corrected chi connectivity index (χ1v) is 11.5. The van der Waals surface area contributed by atoms with E-state index in [0.29, 0.717) is 58.7 Å². The zero-order valence-corrected chi connectivity index (χ0v) is 20.8. The van der Waals surface area contributed by atoms with Gasteiger partial charge in [0, 0.05) is 29.3 Å². The van der Waals surface area contributed by atoms with Crippen molar-refractivity contribution in [3.8, 4) is 23.0 Å². The largest absolute Gasteiger partial charge is 0.497 e. The van der Waals surface area contributed by atoms with Gasteiger partial charge in [0.05, 0.1) is 38.8 Å². The summed E-state index contributed by atoms with van der Waals surface area (Å²) in [7, 11) is 3.13. The van der Waals surface area contributed by atoms with Gasteiger partial charge in [-0.05, 0) is 50.3 Å². The average Bonchev–Trinajstić information content (AvgIpc) is 2.90. The van der Waals surface area contributed by atoms with Crippen molar-refractivity contribution in [2.45, 2.75) is 13.8 Å². The van der Waals surface area contributed by atoms with Gasteiger partial charge < -0.3 is 29.6 Å². The zero-order chi connectivity index (χ0) is 25.9. The van der Waals surface area contributed by atoms with Crippen LogP contribution in [0.1, 0.15) is 29.8 Å². The first-order valence-electron chi connectivity index (χ1n) is 11.5. The van der Waals surface area contributed by atoms with Crippen LogP contribution in [-0.4, -0.2) is 39.2 Å². The number of nitrogens with one attached hydrogen (secondary N) is 2. The Balaban J connectivity index is 1.87. The van der Waals surface area contributed by atoms with Crippen LogP contribution < -0.4 is 29.6 Å². The molecule has 2 amide bonds. The standard InChI is InChI=1S/C28H30N2O6/c1-5-35-25-18-23(30-28(32)19-10-8-7-9-11-19)26(36-6-2)17-22(25)29-27(31)15-12-20-16-21(33-3)13-14-24(20)34-4/h7-18H,5-6H2,1-4H3,(H,29,31)(H,30,32)/b15-12+. The molecule has 0 spiro atoms. The second-order valence-electron chi connectivity index (χ2n) is 7.46. The van der Waals surface area contributed by atoms with Gasteiger partial charge in [0.2, 0.25) is 5.91 Å². The van der Waals surface area contributed by atoms with Crippen molar-refractivity contribution in [2.75, 3.05) is 38.1 Å². The lowest BCUT2D eigenvalue weighted by atomic mass is 10.1. The molecule has 0 aliphatic carbocycles. The van der Waals surface area contributed by atoms with Gasteiger partial charge >= 0.3 is 0 Å². The fourth-order valence-electron chi connectivity index (χ4n) is 3.40. The molecule has 0 bridgehead atoms. The summed E-state index contributed by atoms with van der Waals surface area (Å²) >= 11 is 0. The lowest BCUT2D eigenvalue weighted by Gasteiger charge is -2.17. The fourth-order valence-corrected chi connectivity index (χ4v) is 3.40. The predicted molar refractivity (Wildman–Crippen MR) is 140 cm³/mol. The molecule has 0 aliphatic heterocycles. The van der Waals surface area contributed by atoms with Gasteiger partial charge in [-0.15, -0.1) is 0 Å². The van der Waals surface area contributed by atoms with Crippen LogP contribution in [0.15, 0.2) is 66.7 Å². The smallest absolute Gasteiger partial charge is 0.255 e. The van der Waals surface area contributed by atoms with Crippen molar-refractivity contribution >= 4 is 29.3 Å². The highest BCUT2D eigenvalue weighted by molar-refractivity contribution is 6.06. The number of ether oxygens (including phenoxy) is 4. The topological polar surface area (TPSA) is 95.1 Å². The summed E-state index contributed by atoms with van der Waals surface area (Å²) in [5.41, 5.74) is 2.04. The monoisotopic (exact) mass is 490 g/mol. The summed E-state index contributed by atoms with van der Waals surface area (Å²) in [5, 5.41) is 5.69. The number of carbonyl (C=O) groups is 2. The van der Waals surface area contributed by atoms with Gasteiger partial charge in [0.25, 0.3) is 5.91 Å². The highest BCUT2D eigenvalue weighted by Crippen LogP contribution is 2.37. The molecule has 2 N–H and O–H groups in total. The summed E-state index contributed by atoms with van der Waals surface area (Å²) in [6.45, 7) is 4.39. The third-order valence-electron chi connectivity index (χ3n) is 5.07. The van der Waals surface area contributed by atoms with E-state index in [1.54, 1.807) is 74.9 Å². The molecule has 0 atom stereocenters. The van der Waals surface area contributed by atoms with Crippen molar-refractivity contribution in [1.82, 2.24) is 0 Å². The normalized spacial score (nSPS) is 10.6. The molecule has 0 fully saturated rings. The number of carbonyl (C=O) groups excluding carboxylic acids is 2. The third-order valence-corrected chi connectivity index (χ3v) is 5.07. The van der Waals surface area contributed by atoms with E-state index in [9.17, 15) is 9.59 Å². The van der Waals surface area contributed by atoms with E-state index in [4.69, 9.17) is 18.9 Å². The number of benzene rings is 3. The second kappa shape index (κ2) is 12.9. The molecule has 0 aliphatic rings. The van der Waals surface area contributed by atoms with Crippen LogP contribution in [0.25, 0.3) is 6.08 Å². The molecule has 0 unspecified atom stereocenters. The summed E-state index contributed by atoms with van der Waals surface area (Å²) in [6, 6.07) is 17.4. The molecule has 0 aromatic heterocycles. The quantitative estimate of drug-likeness (QED) is 0.349. The van der Waals surface area contributed by atoms with E-state index in [1.807, 2.05) is 19.9 Å². The third kappa shape index (κ3) is 6.79. The lowest BCUT2D eigenvalue weighted by Crippen LogP contribution is -2.14. The van der Waals surface area contributed by atoms with E-state index in [-0.39, 0.29) is 11.8 Å². The minimum Gasteiger partial charge on any atom is -0.497 e. The molecule has 0 saturated heterocycles. The number of hydrogen-bond donors (Lipinski definition) is 2. The van der Waals surface area contributed by atoms with Gasteiger partial charge in [-0.25, -0.2) is 0 Å². The Labute approximate surface area is 210 Å². The van der Waals surface area contributed by atoms with E-state index in [0.717, 1.165) is 0 Å². The van der Waals surface area contributed by atoms with Crippen LogP contribution in [0, 0.1) is 0 Å². The number of rotatable bonds is 11. The molecule has 8 nitrogen and oxygen atoms in total. The molecule has 3 rings (SSSR count). The van der Waals surface area contributed by atoms with Crippen LogP contribution >= 0.6 is 0 Å². The van der Waals surface area contributed by atoms with Crippen molar-refractivity contribution in [3.63, 3.8) is 0 Å². The predicted octanol–water partition coefficient (Wildman–Crippen LogP) is 5.41. The second-order valence-corrected chi connectivity index (χ2v) is 7.46. The maximum atomic E-state index is 12.8. The highest BCUT2D eigenvalue weighted by Gasteiger charge is 2.16.